The summed E-state index contributed by atoms with van der Waals surface area (Å²) in [4.78, 5) is 4.24. The molecule has 0 saturated heterocycles. The summed E-state index contributed by atoms with van der Waals surface area (Å²) in [6, 6.07) is 7.76. The van der Waals surface area contributed by atoms with Gasteiger partial charge in [-0.15, -0.1) is 0 Å². The molecule has 0 aliphatic carbocycles. The van der Waals surface area contributed by atoms with E-state index in [1.807, 2.05) is 42.9 Å². The number of hydrogen-bond acceptors (Lipinski definition) is 3. The lowest BCUT2D eigenvalue weighted by Crippen LogP contribution is -2.06. The van der Waals surface area contributed by atoms with Crippen molar-refractivity contribution in [3.8, 4) is 6.07 Å². The Balaban J connectivity index is 2.14. The van der Waals surface area contributed by atoms with Crippen LogP contribution in [-0.4, -0.2) is 9.55 Å². The standard InChI is InChI=1S/C13H14N4/c1-10-3-4-11(8-14)7-12(10)16-9-13-15-5-6-17(13)2/h3-7,16H,9H2,1-2H3. The van der Waals surface area contributed by atoms with Crippen molar-refractivity contribution in [1.29, 1.82) is 5.26 Å². The first-order valence-electron chi connectivity index (χ1n) is 5.41. The molecule has 0 radical (unpaired) electrons. The smallest absolute Gasteiger partial charge is 0.127 e. The number of aryl methyl sites for hydroxylation is 2. The molecule has 0 spiro atoms. The predicted octanol–water partition coefficient (Wildman–Crippen LogP) is 2.21. The molecule has 17 heavy (non-hydrogen) atoms. The average molecular weight is 226 g/mol. The van der Waals surface area contributed by atoms with Crippen LogP contribution in [0.2, 0.25) is 0 Å². The third-order valence-corrected chi connectivity index (χ3v) is 2.72. The summed E-state index contributed by atoms with van der Waals surface area (Å²) in [5.41, 5.74) is 2.77. The topological polar surface area (TPSA) is 53.6 Å². The molecule has 4 heteroatoms. The van der Waals surface area contributed by atoms with Gasteiger partial charge in [0, 0.05) is 25.1 Å². The third kappa shape index (κ3) is 2.45. The zero-order chi connectivity index (χ0) is 12.3. The number of imidazole rings is 1. The van der Waals surface area contributed by atoms with Crippen LogP contribution >= 0.6 is 0 Å². The molecule has 2 rings (SSSR count). The largest absolute Gasteiger partial charge is 0.378 e. The molecule has 0 aliphatic heterocycles. The second-order valence-corrected chi connectivity index (χ2v) is 3.95. The van der Waals surface area contributed by atoms with E-state index < -0.39 is 0 Å². The van der Waals surface area contributed by atoms with E-state index in [4.69, 9.17) is 5.26 Å². The van der Waals surface area contributed by atoms with E-state index in [9.17, 15) is 0 Å². The molecule has 0 atom stereocenters. The van der Waals surface area contributed by atoms with E-state index in [-0.39, 0.29) is 0 Å². The van der Waals surface area contributed by atoms with Gasteiger partial charge in [-0.2, -0.15) is 5.26 Å². The predicted molar refractivity (Wildman–Crippen MR) is 66.4 cm³/mol. The summed E-state index contributed by atoms with van der Waals surface area (Å²) in [7, 11) is 1.96. The summed E-state index contributed by atoms with van der Waals surface area (Å²) in [6.45, 7) is 2.67. The first-order valence-corrected chi connectivity index (χ1v) is 5.41. The maximum absolute atomic E-state index is 8.86. The molecule has 0 saturated carbocycles. The first-order chi connectivity index (χ1) is 8.20. The fourth-order valence-corrected chi connectivity index (χ4v) is 1.62. The van der Waals surface area contributed by atoms with Gasteiger partial charge in [0.2, 0.25) is 0 Å². The summed E-state index contributed by atoms with van der Waals surface area (Å²) in [5.74, 6) is 0.965. The van der Waals surface area contributed by atoms with Gasteiger partial charge in [-0.3, -0.25) is 0 Å². The van der Waals surface area contributed by atoms with Crippen molar-refractivity contribution in [2.45, 2.75) is 13.5 Å². The van der Waals surface area contributed by atoms with E-state index in [0.29, 0.717) is 12.1 Å². The van der Waals surface area contributed by atoms with Crippen molar-refractivity contribution in [1.82, 2.24) is 9.55 Å². The highest BCUT2D eigenvalue weighted by atomic mass is 15.1. The minimum absolute atomic E-state index is 0.652. The molecule has 0 unspecified atom stereocenters. The summed E-state index contributed by atoms with van der Waals surface area (Å²) in [5, 5.41) is 12.2. The number of nitrogens with one attached hydrogen (secondary N) is 1. The lowest BCUT2D eigenvalue weighted by atomic mass is 10.1. The van der Waals surface area contributed by atoms with Crippen LogP contribution in [-0.2, 0) is 13.6 Å². The maximum atomic E-state index is 8.86. The van der Waals surface area contributed by atoms with Crippen LogP contribution in [0.3, 0.4) is 0 Å². The zero-order valence-electron chi connectivity index (χ0n) is 9.94. The second-order valence-electron chi connectivity index (χ2n) is 3.95. The minimum atomic E-state index is 0.652. The quantitative estimate of drug-likeness (QED) is 0.873. The van der Waals surface area contributed by atoms with Crippen molar-refractivity contribution in [3.05, 3.63) is 47.5 Å². The number of nitriles is 1. The lowest BCUT2D eigenvalue weighted by Gasteiger charge is -2.09. The average Bonchev–Trinajstić information content (AvgIpc) is 2.74. The maximum Gasteiger partial charge on any atom is 0.127 e. The van der Waals surface area contributed by atoms with Crippen LogP contribution < -0.4 is 5.32 Å². The van der Waals surface area contributed by atoms with E-state index >= 15 is 0 Å². The van der Waals surface area contributed by atoms with Gasteiger partial charge in [-0.1, -0.05) is 6.07 Å². The van der Waals surface area contributed by atoms with Gasteiger partial charge in [0.15, 0.2) is 0 Å². The van der Waals surface area contributed by atoms with E-state index in [1.54, 1.807) is 6.20 Å². The Hall–Kier alpha value is -2.28. The van der Waals surface area contributed by atoms with E-state index in [1.165, 1.54) is 0 Å². The first kappa shape index (κ1) is 11.2. The monoisotopic (exact) mass is 226 g/mol. The zero-order valence-corrected chi connectivity index (χ0v) is 9.94. The minimum Gasteiger partial charge on any atom is -0.378 e. The number of aromatic nitrogens is 2. The molecular weight excluding hydrogens is 212 g/mol. The van der Waals surface area contributed by atoms with Gasteiger partial charge in [0.25, 0.3) is 0 Å². The van der Waals surface area contributed by atoms with Gasteiger partial charge < -0.3 is 9.88 Å². The Morgan fingerprint density at radius 3 is 2.94 bits per heavy atom. The van der Waals surface area contributed by atoms with Crippen molar-refractivity contribution >= 4 is 5.69 Å². The van der Waals surface area contributed by atoms with Gasteiger partial charge in [0.05, 0.1) is 18.2 Å². The molecule has 0 amide bonds. The summed E-state index contributed by atoms with van der Waals surface area (Å²) < 4.78 is 1.97. The molecule has 1 heterocycles. The van der Waals surface area contributed by atoms with Crippen LogP contribution in [0.4, 0.5) is 5.69 Å². The number of hydrogen-bond donors (Lipinski definition) is 1. The van der Waals surface area contributed by atoms with Gasteiger partial charge in [-0.05, 0) is 24.6 Å². The van der Waals surface area contributed by atoms with Crippen molar-refractivity contribution in [3.63, 3.8) is 0 Å². The summed E-state index contributed by atoms with van der Waals surface area (Å²) >= 11 is 0. The Kier molecular flexibility index (Phi) is 3.10. The Labute approximate surface area is 101 Å². The van der Waals surface area contributed by atoms with Crippen LogP contribution in [0, 0.1) is 18.3 Å². The Morgan fingerprint density at radius 2 is 2.29 bits per heavy atom. The van der Waals surface area contributed by atoms with Crippen LogP contribution in [0.15, 0.2) is 30.6 Å². The number of benzene rings is 1. The van der Waals surface area contributed by atoms with E-state index in [2.05, 4.69) is 16.4 Å². The van der Waals surface area contributed by atoms with Crippen molar-refractivity contribution in [2.75, 3.05) is 5.32 Å². The molecule has 0 fully saturated rings. The molecule has 1 N–H and O–H groups in total. The molecule has 1 aromatic carbocycles. The molecular formula is C13H14N4. The second kappa shape index (κ2) is 4.71. The van der Waals surface area contributed by atoms with Gasteiger partial charge in [-0.25, -0.2) is 4.98 Å². The van der Waals surface area contributed by atoms with E-state index in [0.717, 1.165) is 17.1 Å². The van der Waals surface area contributed by atoms with Crippen LogP contribution in [0.1, 0.15) is 17.0 Å². The fourth-order valence-electron chi connectivity index (χ4n) is 1.62. The Bertz CT molecular complexity index is 563. The van der Waals surface area contributed by atoms with Crippen molar-refractivity contribution < 1.29 is 0 Å². The fraction of sp³-hybridized carbons (Fsp3) is 0.231. The Morgan fingerprint density at radius 1 is 1.47 bits per heavy atom. The van der Waals surface area contributed by atoms with Crippen molar-refractivity contribution in [2.24, 2.45) is 7.05 Å². The summed E-state index contributed by atoms with van der Waals surface area (Å²) in [6.07, 6.45) is 3.69. The highest BCUT2D eigenvalue weighted by molar-refractivity contribution is 5.55. The molecule has 86 valence electrons. The van der Waals surface area contributed by atoms with Gasteiger partial charge >= 0.3 is 0 Å². The number of anilines is 1. The molecule has 2 aromatic rings. The number of nitrogens with zero attached hydrogens (tertiary/aromatic N) is 3. The molecule has 0 aliphatic rings. The lowest BCUT2D eigenvalue weighted by molar-refractivity contribution is 0.812. The molecule has 0 bridgehead atoms. The molecule has 1 aromatic heterocycles. The third-order valence-electron chi connectivity index (χ3n) is 2.72. The van der Waals surface area contributed by atoms with Crippen LogP contribution in [0.25, 0.3) is 0 Å². The molecule has 4 nitrogen and oxygen atoms in total. The SMILES string of the molecule is Cc1ccc(C#N)cc1NCc1nccn1C. The number of rotatable bonds is 3. The van der Waals surface area contributed by atoms with Crippen LogP contribution in [0.5, 0.6) is 0 Å². The normalized spacial score (nSPS) is 9.94. The highest BCUT2D eigenvalue weighted by Gasteiger charge is 2.02. The van der Waals surface area contributed by atoms with Gasteiger partial charge in [0.1, 0.15) is 5.82 Å². The highest BCUT2D eigenvalue weighted by Crippen LogP contribution is 2.17.